The van der Waals surface area contributed by atoms with Crippen LogP contribution in [0, 0.1) is 6.92 Å². The summed E-state index contributed by atoms with van der Waals surface area (Å²) in [7, 11) is 1.49. The van der Waals surface area contributed by atoms with Crippen LogP contribution in [0.4, 0.5) is 5.82 Å². The third-order valence-electron chi connectivity index (χ3n) is 6.17. The Morgan fingerprint density at radius 2 is 2.03 bits per heavy atom. The van der Waals surface area contributed by atoms with Crippen molar-refractivity contribution < 1.29 is 14.3 Å². The maximum atomic E-state index is 12.2. The van der Waals surface area contributed by atoms with E-state index in [4.69, 9.17) is 32.7 Å². The van der Waals surface area contributed by atoms with Crippen molar-refractivity contribution in [1.29, 1.82) is 0 Å². The fourth-order valence-corrected chi connectivity index (χ4v) is 4.77. The van der Waals surface area contributed by atoms with Gasteiger partial charge in [0.1, 0.15) is 16.5 Å². The molecule has 1 aliphatic rings. The van der Waals surface area contributed by atoms with Crippen molar-refractivity contribution in [3.05, 3.63) is 46.7 Å². The van der Waals surface area contributed by atoms with Gasteiger partial charge in [0.2, 0.25) is 11.8 Å². The molecule has 0 radical (unpaired) electrons. The molecule has 0 saturated carbocycles. The number of rotatable bonds is 5. The number of carbonyl (C=O) groups excluding carboxylic acids is 1. The predicted molar refractivity (Wildman–Crippen MR) is 138 cm³/mol. The largest absolute Gasteiger partial charge is 0.467 e. The Morgan fingerprint density at radius 3 is 2.75 bits per heavy atom. The van der Waals surface area contributed by atoms with E-state index < -0.39 is 0 Å². The second kappa shape index (κ2) is 9.44. The average Bonchev–Trinajstić information content (AvgIpc) is 3.33. The van der Waals surface area contributed by atoms with Crippen molar-refractivity contribution in [3.8, 4) is 17.6 Å². The van der Waals surface area contributed by atoms with Crippen molar-refractivity contribution in [2.24, 2.45) is 0 Å². The van der Waals surface area contributed by atoms with Gasteiger partial charge < -0.3 is 19.3 Å². The lowest BCUT2D eigenvalue weighted by Gasteiger charge is -2.40. The number of pyridine rings is 1. The number of nitrogens with zero attached hydrogens (tertiary/aromatic N) is 6. The van der Waals surface area contributed by atoms with Crippen LogP contribution in [0.5, 0.6) is 17.6 Å². The molecule has 1 fully saturated rings. The number of carbonyl (C=O) groups is 1. The van der Waals surface area contributed by atoms with Gasteiger partial charge in [0.25, 0.3) is 0 Å². The Bertz CT molecular complexity index is 1510. The standard InChI is InChI=1S/C24H23Cl2N7O3/c1-5-18(34)33-7-6-32(11-13(33)3)22-14-9-17(25)28-23(20(14)29-24(30-22)35-4)36-21-15-10-27-31-16(15)8-12(2)19(21)26/h5,8-10,13H,1,6-7,11H2,2-4H3,(H,27,31)/t13-/m1/s1. The molecule has 5 rings (SSSR count). The maximum absolute atomic E-state index is 12.2. The third kappa shape index (κ3) is 4.16. The minimum absolute atomic E-state index is 0.0613. The molecule has 1 aromatic carbocycles. The normalized spacial score (nSPS) is 16.0. The molecule has 1 aliphatic heterocycles. The summed E-state index contributed by atoms with van der Waals surface area (Å²) in [6.07, 6.45) is 2.97. The summed E-state index contributed by atoms with van der Waals surface area (Å²) in [6.45, 7) is 9.06. The second-order valence-corrected chi connectivity index (χ2v) is 9.25. The summed E-state index contributed by atoms with van der Waals surface area (Å²) in [5.41, 5.74) is 1.99. The van der Waals surface area contributed by atoms with Gasteiger partial charge in [-0.2, -0.15) is 20.1 Å². The molecule has 10 nitrogen and oxygen atoms in total. The van der Waals surface area contributed by atoms with Crippen molar-refractivity contribution in [3.63, 3.8) is 0 Å². The van der Waals surface area contributed by atoms with E-state index in [1.807, 2.05) is 19.9 Å². The molecule has 0 unspecified atom stereocenters. The number of ether oxygens (including phenoxy) is 2. The fourth-order valence-electron chi connectivity index (χ4n) is 4.39. The zero-order valence-corrected chi connectivity index (χ0v) is 21.4. The van der Waals surface area contributed by atoms with E-state index in [9.17, 15) is 4.79 Å². The number of anilines is 1. The molecule has 4 heterocycles. The molecule has 1 atom stereocenters. The van der Waals surface area contributed by atoms with Gasteiger partial charge in [-0.1, -0.05) is 29.8 Å². The van der Waals surface area contributed by atoms with Crippen molar-refractivity contribution >= 4 is 56.7 Å². The van der Waals surface area contributed by atoms with Crippen molar-refractivity contribution in [2.75, 3.05) is 31.6 Å². The van der Waals surface area contributed by atoms with Gasteiger partial charge >= 0.3 is 6.01 Å². The molecule has 4 aromatic rings. The quantitative estimate of drug-likeness (QED) is 0.297. The zero-order chi connectivity index (χ0) is 25.6. The first kappa shape index (κ1) is 24.1. The molecule has 1 saturated heterocycles. The first-order valence-corrected chi connectivity index (χ1v) is 12.0. The van der Waals surface area contributed by atoms with Gasteiger partial charge in [0, 0.05) is 25.7 Å². The number of aromatic amines is 1. The highest BCUT2D eigenvalue weighted by molar-refractivity contribution is 6.34. The molecule has 1 N–H and O–H groups in total. The number of nitrogens with one attached hydrogen (secondary N) is 1. The number of piperazine rings is 1. The van der Waals surface area contributed by atoms with E-state index in [0.29, 0.717) is 52.5 Å². The number of hydrogen-bond acceptors (Lipinski definition) is 8. The van der Waals surface area contributed by atoms with Crippen LogP contribution in [-0.4, -0.2) is 68.7 Å². The molecular formula is C24H23Cl2N7O3. The smallest absolute Gasteiger partial charge is 0.318 e. The van der Waals surface area contributed by atoms with Crippen LogP contribution in [0.15, 0.2) is 31.0 Å². The summed E-state index contributed by atoms with van der Waals surface area (Å²) < 4.78 is 11.7. The van der Waals surface area contributed by atoms with Gasteiger partial charge in [-0.05, 0) is 37.6 Å². The van der Waals surface area contributed by atoms with Crippen LogP contribution in [0.2, 0.25) is 10.2 Å². The van der Waals surface area contributed by atoms with Gasteiger partial charge in [-0.25, -0.2) is 0 Å². The maximum Gasteiger partial charge on any atom is 0.318 e. The predicted octanol–water partition coefficient (Wildman–Crippen LogP) is 4.54. The Balaban J connectivity index is 1.62. The fraction of sp³-hybridized carbons (Fsp3) is 0.292. The van der Waals surface area contributed by atoms with Crippen LogP contribution in [0.1, 0.15) is 12.5 Å². The average molecular weight is 528 g/mol. The zero-order valence-electron chi connectivity index (χ0n) is 19.9. The molecule has 0 aliphatic carbocycles. The van der Waals surface area contributed by atoms with E-state index >= 15 is 0 Å². The van der Waals surface area contributed by atoms with E-state index in [1.54, 1.807) is 17.2 Å². The van der Waals surface area contributed by atoms with Crippen molar-refractivity contribution in [2.45, 2.75) is 19.9 Å². The minimum Gasteiger partial charge on any atom is -0.467 e. The van der Waals surface area contributed by atoms with Crippen molar-refractivity contribution in [1.82, 2.24) is 30.0 Å². The minimum atomic E-state index is -0.101. The first-order valence-electron chi connectivity index (χ1n) is 11.2. The van der Waals surface area contributed by atoms with Crippen LogP contribution < -0.4 is 14.4 Å². The van der Waals surface area contributed by atoms with Crippen LogP contribution in [0.25, 0.3) is 21.8 Å². The van der Waals surface area contributed by atoms with E-state index in [0.717, 1.165) is 11.1 Å². The van der Waals surface area contributed by atoms with Gasteiger partial charge in [0.15, 0.2) is 5.75 Å². The van der Waals surface area contributed by atoms with E-state index in [1.165, 1.54) is 13.2 Å². The third-order valence-corrected chi connectivity index (χ3v) is 6.83. The van der Waals surface area contributed by atoms with Crippen LogP contribution >= 0.6 is 23.2 Å². The monoisotopic (exact) mass is 527 g/mol. The number of methoxy groups -OCH3 is 1. The number of benzene rings is 1. The molecule has 12 heteroatoms. The summed E-state index contributed by atoms with van der Waals surface area (Å²) in [5, 5.41) is 8.99. The first-order chi connectivity index (χ1) is 17.3. The lowest BCUT2D eigenvalue weighted by Crippen LogP contribution is -2.54. The summed E-state index contributed by atoms with van der Waals surface area (Å²) in [5.74, 6) is 1.05. The second-order valence-electron chi connectivity index (χ2n) is 8.48. The lowest BCUT2D eigenvalue weighted by molar-refractivity contribution is -0.128. The number of halogens is 2. The summed E-state index contributed by atoms with van der Waals surface area (Å²) in [6, 6.07) is 3.67. The summed E-state index contributed by atoms with van der Waals surface area (Å²) in [4.78, 5) is 29.6. The number of aryl methyl sites for hydroxylation is 1. The SMILES string of the molecule is C=CC(=O)N1CCN(c2nc(OC)nc3c(Oc4c(Cl)c(C)cc5[nH]ncc45)nc(Cl)cc23)C[C@H]1C. The number of amides is 1. The molecule has 186 valence electrons. The topological polar surface area (TPSA) is 109 Å². The lowest BCUT2D eigenvalue weighted by atomic mass is 10.1. The highest BCUT2D eigenvalue weighted by Gasteiger charge is 2.29. The van der Waals surface area contributed by atoms with Gasteiger partial charge in [-0.3, -0.25) is 9.89 Å². The van der Waals surface area contributed by atoms with Gasteiger partial charge in [0.05, 0.1) is 34.6 Å². The molecular weight excluding hydrogens is 505 g/mol. The molecule has 36 heavy (non-hydrogen) atoms. The Labute approximate surface area is 216 Å². The van der Waals surface area contributed by atoms with Gasteiger partial charge in [-0.15, -0.1) is 0 Å². The highest BCUT2D eigenvalue weighted by Crippen LogP contribution is 2.41. The molecule has 3 aromatic heterocycles. The highest BCUT2D eigenvalue weighted by atomic mass is 35.5. The van der Waals surface area contributed by atoms with Crippen LogP contribution in [-0.2, 0) is 4.79 Å². The van der Waals surface area contributed by atoms with E-state index in [-0.39, 0.29) is 29.0 Å². The van der Waals surface area contributed by atoms with E-state index in [2.05, 4.69) is 36.6 Å². The number of H-pyrrole nitrogens is 1. The Kier molecular flexibility index (Phi) is 6.31. The number of hydrogen-bond donors (Lipinski definition) is 1. The number of aromatic nitrogens is 5. The summed E-state index contributed by atoms with van der Waals surface area (Å²) >= 11 is 13.1. The number of fused-ring (bicyclic) bond motifs is 2. The Morgan fingerprint density at radius 1 is 1.22 bits per heavy atom. The Hall–Kier alpha value is -3.63. The van der Waals surface area contributed by atoms with Crippen LogP contribution in [0.3, 0.4) is 0 Å². The molecule has 1 amide bonds. The molecule has 0 bridgehead atoms. The molecule has 0 spiro atoms.